The number of benzene rings is 2. The van der Waals surface area contributed by atoms with Crippen LogP contribution in [0, 0.1) is 20.8 Å². The number of aryl methyl sites for hydroxylation is 2. The Bertz CT molecular complexity index is 1340. The summed E-state index contributed by atoms with van der Waals surface area (Å²) in [7, 11) is 0. The van der Waals surface area contributed by atoms with Crippen LogP contribution in [0.2, 0.25) is 0 Å². The monoisotopic (exact) mass is 492 g/mol. The normalized spacial score (nSPS) is 12.2. The lowest BCUT2D eigenvalue weighted by atomic mass is 10.1. The first-order valence-electron chi connectivity index (χ1n) is 10.8. The van der Waals surface area contributed by atoms with E-state index in [0.717, 1.165) is 44.0 Å². The summed E-state index contributed by atoms with van der Waals surface area (Å²) in [4.78, 5) is 13.0. The van der Waals surface area contributed by atoms with Crippen LogP contribution in [0.25, 0.3) is 0 Å². The summed E-state index contributed by atoms with van der Waals surface area (Å²) in [6, 6.07) is 16.0. The van der Waals surface area contributed by atoms with E-state index in [0.29, 0.717) is 17.4 Å². The SMILES string of the molecule is Cc1ccc(Nc2nnc(SCC(=O)c3cc(C)n(Cc4ccc5c(c4)OCO5)c3C)s2)cc1. The van der Waals surface area contributed by atoms with Crippen molar-refractivity contribution in [3.8, 4) is 11.5 Å². The number of carbonyl (C=O) groups excluding carboxylic acids is 1. The molecule has 0 radical (unpaired) electrons. The highest BCUT2D eigenvalue weighted by atomic mass is 32.2. The number of anilines is 2. The summed E-state index contributed by atoms with van der Waals surface area (Å²) < 4.78 is 13.8. The summed E-state index contributed by atoms with van der Waals surface area (Å²) in [6.07, 6.45) is 0. The van der Waals surface area contributed by atoms with Crippen molar-refractivity contribution in [1.82, 2.24) is 14.8 Å². The molecule has 174 valence electrons. The lowest BCUT2D eigenvalue weighted by Crippen LogP contribution is -2.07. The van der Waals surface area contributed by atoms with Gasteiger partial charge in [-0.3, -0.25) is 4.79 Å². The second-order valence-corrected chi connectivity index (χ2v) is 10.3. The number of nitrogens with one attached hydrogen (secondary N) is 1. The summed E-state index contributed by atoms with van der Waals surface area (Å²) in [5, 5.41) is 12.4. The molecule has 1 aliphatic rings. The molecule has 5 rings (SSSR count). The first-order chi connectivity index (χ1) is 16.5. The van der Waals surface area contributed by atoms with Crippen LogP contribution in [-0.2, 0) is 6.54 Å². The van der Waals surface area contributed by atoms with Crippen molar-refractivity contribution in [2.45, 2.75) is 31.7 Å². The number of ketones is 1. The Morgan fingerprint density at radius 3 is 2.68 bits per heavy atom. The zero-order chi connectivity index (χ0) is 23.7. The van der Waals surface area contributed by atoms with E-state index in [2.05, 4.69) is 27.0 Å². The maximum absolute atomic E-state index is 13.0. The van der Waals surface area contributed by atoms with Gasteiger partial charge in [0.2, 0.25) is 11.9 Å². The maximum atomic E-state index is 13.0. The van der Waals surface area contributed by atoms with Gasteiger partial charge in [-0.1, -0.05) is 46.9 Å². The van der Waals surface area contributed by atoms with Crippen LogP contribution >= 0.6 is 23.1 Å². The van der Waals surface area contributed by atoms with E-state index >= 15 is 0 Å². The van der Waals surface area contributed by atoms with Crippen molar-refractivity contribution in [3.63, 3.8) is 0 Å². The number of rotatable bonds is 8. The van der Waals surface area contributed by atoms with E-state index in [-0.39, 0.29) is 12.6 Å². The molecular weight excluding hydrogens is 468 g/mol. The highest BCUT2D eigenvalue weighted by Crippen LogP contribution is 2.33. The standard InChI is InChI=1S/C25H24N4O3S2/c1-15-4-7-19(8-5-15)26-24-27-28-25(34-24)33-13-21(30)20-10-16(2)29(17(20)3)12-18-6-9-22-23(11-18)32-14-31-22/h4-11H,12-14H2,1-3H3,(H,26,27). The van der Waals surface area contributed by atoms with Crippen LogP contribution in [0.5, 0.6) is 11.5 Å². The fraction of sp³-hybridized carbons (Fsp3) is 0.240. The molecule has 0 spiro atoms. The topological polar surface area (TPSA) is 78.3 Å². The molecule has 2 aromatic carbocycles. The van der Waals surface area contributed by atoms with Crippen molar-refractivity contribution in [1.29, 1.82) is 0 Å². The summed E-state index contributed by atoms with van der Waals surface area (Å²) in [6.45, 7) is 6.99. The molecule has 9 heteroatoms. The summed E-state index contributed by atoms with van der Waals surface area (Å²) >= 11 is 2.86. The first-order valence-corrected chi connectivity index (χ1v) is 12.6. The van der Waals surface area contributed by atoms with E-state index in [1.165, 1.54) is 28.7 Å². The van der Waals surface area contributed by atoms with Gasteiger partial charge in [-0.05, 0) is 56.7 Å². The molecule has 34 heavy (non-hydrogen) atoms. The maximum Gasteiger partial charge on any atom is 0.231 e. The fourth-order valence-electron chi connectivity index (χ4n) is 3.83. The van der Waals surface area contributed by atoms with Crippen LogP contribution in [0.3, 0.4) is 0 Å². The van der Waals surface area contributed by atoms with Crippen molar-refractivity contribution in [3.05, 3.63) is 76.6 Å². The molecule has 2 aromatic heterocycles. The quantitative estimate of drug-likeness (QED) is 0.247. The van der Waals surface area contributed by atoms with Gasteiger partial charge in [0.25, 0.3) is 0 Å². The Hall–Kier alpha value is -3.30. The Labute approximate surface area is 206 Å². The van der Waals surface area contributed by atoms with Crippen LogP contribution in [0.15, 0.2) is 52.9 Å². The van der Waals surface area contributed by atoms with E-state index in [1.54, 1.807) is 0 Å². The zero-order valence-corrected chi connectivity index (χ0v) is 20.8. The minimum Gasteiger partial charge on any atom is -0.454 e. The predicted octanol–water partition coefficient (Wildman–Crippen LogP) is 5.76. The van der Waals surface area contributed by atoms with E-state index < -0.39 is 0 Å². The van der Waals surface area contributed by atoms with E-state index in [9.17, 15) is 4.79 Å². The van der Waals surface area contributed by atoms with Crippen molar-refractivity contribution in [2.24, 2.45) is 0 Å². The fourth-order valence-corrected chi connectivity index (χ4v) is 5.49. The number of carbonyl (C=O) groups is 1. The van der Waals surface area contributed by atoms with E-state index in [1.807, 2.05) is 62.4 Å². The van der Waals surface area contributed by atoms with Crippen LogP contribution in [-0.4, -0.2) is 33.1 Å². The van der Waals surface area contributed by atoms with Gasteiger partial charge in [0, 0.05) is 29.2 Å². The Morgan fingerprint density at radius 1 is 1.06 bits per heavy atom. The minimum atomic E-state index is 0.0817. The molecule has 0 saturated carbocycles. The number of hydrogen-bond acceptors (Lipinski definition) is 8. The molecule has 4 aromatic rings. The van der Waals surface area contributed by atoms with Crippen molar-refractivity contribution >= 4 is 39.7 Å². The third-order valence-electron chi connectivity index (χ3n) is 5.69. The van der Waals surface area contributed by atoms with Gasteiger partial charge < -0.3 is 19.4 Å². The summed E-state index contributed by atoms with van der Waals surface area (Å²) in [5.74, 6) is 1.93. The lowest BCUT2D eigenvalue weighted by Gasteiger charge is -2.10. The molecule has 0 bridgehead atoms. The predicted molar refractivity (Wildman–Crippen MR) is 135 cm³/mol. The van der Waals surface area contributed by atoms with Crippen molar-refractivity contribution in [2.75, 3.05) is 17.9 Å². The van der Waals surface area contributed by atoms with Gasteiger partial charge in [0.1, 0.15) is 0 Å². The number of Topliss-reactive ketones (excluding diaryl/α,β-unsaturated/α-hetero) is 1. The molecule has 1 aliphatic heterocycles. The molecule has 1 N–H and O–H groups in total. The molecule has 0 atom stereocenters. The van der Waals surface area contributed by atoms with Crippen LogP contribution < -0.4 is 14.8 Å². The Morgan fingerprint density at radius 2 is 1.85 bits per heavy atom. The molecule has 0 saturated heterocycles. The smallest absolute Gasteiger partial charge is 0.231 e. The third-order valence-corrected chi connectivity index (χ3v) is 7.66. The summed E-state index contributed by atoms with van der Waals surface area (Å²) in [5.41, 5.74) is 6.01. The average Bonchev–Trinajstić information content (AvgIpc) is 3.55. The first kappa shape index (κ1) is 22.5. The second-order valence-electron chi connectivity index (χ2n) is 8.13. The Kier molecular flexibility index (Phi) is 6.30. The van der Waals surface area contributed by atoms with Gasteiger partial charge in [-0.15, -0.1) is 10.2 Å². The lowest BCUT2D eigenvalue weighted by molar-refractivity contribution is 0.102. The third kappa shape index (κ3) is 4.80. The van der Waals surface area contributed by atoms with Gasteiger partial charge in [-0.2, -0.15) is 0 Å². The number of aromatic nitrogens is 3. The minimum absolute atomic E-state index is 0.0817. The van der Waals surface area contributed by atoms with E-state index in [4.69, 9.17) is 9.47 Å². The molecular formula is C25H24N4O3S2. The van der Waals surface area contributed by atoms with Crippen LogP contribution in [0.1, 0.15) is 32.9 Å². The number of hydrogen-bond donors (Lipinski definition) is 1. The van der Waals surface area contributed by atoms with Gasteiger partial charge >= 0.3 is 0 Å². The second kappa shape index (κ2) is 9.52. The largest absolute Gasteiger partial charge is 0.454 e. The van der Waals surface area contributed by atoms with Gasteiger partial charge in [0.15, 0.2) is 21.6 Å². The number of ether oxygens (including phenoxy) is 2. The molecule has 0 unspecified atom stereocenters. The highest BCUT2D eigenvalue weighted by Gasteiger charge is 2.19. The molecule has 0 aliphatic carbocycles. The van der Waals surface area contributed by atoms with Gasteiger partial charge in [-0.25, -0.2) is 0 Å². The Balaban J connectivity index is 1.22. The number of fused-ring (bicyclic) bond motifs is 1. The van der Waals surface area contributed by atoms with Crippen molar-refractivity contribution < 1.29 is 14.3 Å². The zero-order valence-electron chi connectivity index (χ0n) is 19.1. The highest BCUT2D eigenvalue weighted by molar-refractivity contribution is 8.01. The molecule has 7 nitrogen and oxygen atoms in total. The number of thioether (sulfide) groups is 1. The number of nitrogens with zero attached hydrogens (tertiary/aromatic N) is 3. The molecule has 3 heterocycles. The van der Waals surface area contributed by atoms with Gasteiger partial charge in [0.05, 0.1) is 5.75 Å². The average molecular weight is 493 g/mol. The molecule has 0 amide bonds. The molecule has 0 fully saturated rings. The van der Waals surface area contributed by atoms with Crippen LogP contribution in [0.4, 0.5) is 10.8 Å².